The van der Waals surface area contributed by atoms with E-state index in [9.17, 15) is 13.2 Å². The number of rotatable bonds is 3. The summed E-state index contributed by atoms with van der Waals surface area (Å²) in [5.74, 6) is -0.215. The van der Waals surface area contributed by atoms with E-state index in [2.05, 4.69) is 31.3 Å². The van der Waals surface area contributed by atoms with Gasteiger partial charge in [0.05, 0.1) is 5.69 Å². The molecule has 0 amide bonds. The highest BCUT2D eigenvalue weighted by molar-refractivity contribution is 9.10. The Balaban J connectivity index is 2.13. The van der Waals surface area contributed by atoms with Crippen LogP contribution >= 0.6 is 15.9 Å². The lowest BCUT2D eigenvalue weighted by atomic mass is 10.1. The van der Waals surface area contributed by atoms with E-state index in [0.29, 0.717) is 10.2 Å². The van der Waals surface area contributed by atoms with Crippen LogP contribution in [0.4, 0.5) is 18.9 Å². The van der Waals surface area contributed by atoms with Crippen molar-refractivity contribution in [2.75, 3.05) is 18.4 Å². The van der Waals surface area contributed by atoms with Gasteiger partial charge in [0.25, 0.3) is 0 Å². The minimum Gasteiger partial charge on any atom is -0.404 e. The second kappa shape index (κ2) is 6.00. The van der Waals surface area contributed by atoms with Gasteiger partial charge in [-0.15, -0.1) is 13.2 Å². The molecule has 2 N–H and O–H groups in total. The van der Waals surface area contributed by atoms with Crippen molar-refractivity contribution in [2.24, 2.45) is 0 Å². The lowest BCUT2D eigenvalue weighted by molar-refractivity contribution is -0.274. The lowest BCUT2D eigenvalue weighted by Crippen LogP contribution is -2.38. The Kier molecular flexibility index (Phi) is 4.57. The highest BCUT2D eigenvalue weighted by Crippen LogP contribution is 2.33. The molecule has 1 aliphatic rings. The van der Waals surface area contributed by atoms with E-state index in [-0.39, 0.29) is 11.8 Å². The predicted octanol–water partition coefficient (Wildman–Crippen LogP) is 3.51. The molecule has 0 aliphatic carbocycles. The van der Waals surface area contributed by atoms with Crippen molar-refractivity contribution in [1.82, 2.24) is 5.32 Å². The van der Waals surface area contributed by atoms with Crippen LogP contribution in [0.2, 0.25) is 0 Å². The zero-order chi connectivity index (χ0) is 13.9. The summed E-state index contributed by atoms with van der Waals surface area (Å²) >= 11 is 3.14. The number of ether oxygens (including phenoxy) is 1. The van der Waals surface area contributed by atoms with Gasteiger partial charge in [0.2, 0.25) is 0 Å². The van der Waals surface area contributed by atoms with E-state index in [0.717, 1.165) is 25.9 Å². The standard InChI is InChI=1S/C12H14BrF3N2O/c13-8-3-4-10(11(6-8)19-12(14,15)16)18-9-2-1-5-17-7-9/h3-4,6,9,17-18H,1-2,5,7H2. The van der Waals surface area contributed by atoms with Gasteiger partial charge in [-0.3, -0.25) is 0 Å². The van der Waals surface area contributed by atoms with E-state index in [4.69, 9.17) is 0 Å². The molecule has 2 rings (SSSR count). The third kappa shape index (κ3) is 4.58. The zero-order valence-corrected chi connectivity index (χ0v) is 11.6. The number of nitrogens with one attached hydrogen (secondary N) is 2. The number of halogens is 4. The van der Waals surface area contributed by atoms with Crippen molar-refractivity contribution in [3.63, 3.8) is 0 Å². The molecule has 0 bridgehead atoms. The number of anilines is 1. The Hall–Kier alpha value is -0.950. The van der Waals surface area contributed by atoms with Crippen molar-refractivity contribution < 1.29 is 17.9 Å². The molecule has 0 radical (unpaired) electrons. The van der Waals surface area contributed by atoms with E-state index in [1.807, 2.05) is 0 Å². The van der Waals surface area contributed by atoms with Gasteiger partial charge in [0, 0.05) is 17.1 Å². The van der Waals surface area contributed by atoms with Crippen LogP contribution in [-0.4, -0.2) is 25.5 Å². The van der Waals surface area contributed by atoms with Crippen LogP contribution in [0.3, 0.4) is 0 Å². The second-order valence-electron chi connectivity index (χ2n) is 4.38. The molecule has 0 saturated carbocycles. The van der Waals surface area contributed by atoms with Crippen molar-refractivity contribution in [2.45, 2.75) is 25.2 Å². The third-order valence-electron chi connectivity index (χ3n) is 2.83. The molecule has 1 unspecified atom stereocenters. The average molecular weight is 339 g/mol. The minimum atomic E-state index is -4.69. The van der Waals surface area contributed by atoms with Gasteiger partial charge in [-0.2, -0.15) is 0 Å². The molecule has 106 valence electrons. The first-order valence-electron chi connectivity index (χ1n) is 5.96. The average Bonchev–Trinajstić information content (AvgIpc) is 2.32. The Morgan fingerprint density at radius 2 is 2.16 bits per heavy atom. The Bertz CT molecular complexity index is 433. The van der Waals surface area contributed by atoms with Gasteiger partial charge in [0.1, 0.15) is 0 Å². The molecule has 1 saturated heterocycles. The quantitative estimate of drug-likeness (QED) is 0.884. The SMILES string of the molecule is FC(F)(F)Oc1cc(Br)ccc1NC1CCCNC1. The maximum absolute atomic E-state index is 12.4. The monoisotopic (exact) mass is 338 g/mol. The summed E-state index contributed by atoms with van der Waals surface area (Å²) in [7, 11) is 0. The van der Waals surface area contributed by atoms with Gasteiger partial charge in [-0.25, -0.2) is 0 Å². The Labute approximate surface area is 117 Å². The van der Waals surface area contributed by atoms with Gasteiger partial charge in [-0.05, 0) is 37.6 Å². The number of benzene rings is 1. The summed E-state index contributed by atoms with van der Waals surface area (Å²) in [6.45, 7) is 1.69. The highest BCUT2D eigenvalue weighted by Gasteiger charge is 2.32. The molecule has 1 heterocycles. The maximum Gasteiger partial charge on any atom is 0.573 e. The van der Waals surface area contributed by atoms with Crippen LogP contribution in [0.1, 0.15) is 12.8 Å². The first-order chi connectivity index (χ1) is 8.94. The fraction of sp³-hybridized carbons (Fsp3) is 0.500. The van der Waals surface area contributed by atoms with Gasteiger partial charge >= 0.3 is 6.36 Å². The van der Waals surface area contributed by atoms with E-state index < -0.39 is 6.36 Å². The van der Waals surface area contributed by atoms with Gasteiger partial charge in [-0.1, -0.05) is 15.9 Å². The number of hydrogen-bond acceptors (Lipinski definition) is 3. The van der Waals surface area contributed by atoms with Crippen LogP contribution in [0.15, 0.2) is 22.7 Å². The van der Waals surface area contributed by atoms with Crippen LogP contribution in [-0.2, 0) is 0 Å². The van der Waals surface area contributed by atoms with Crippen LogP contribution in [0, 0.1) is 0 Å². The van der Waals surface area contributed by atoms with Crippen molar-refractivity contribution in [3.8, 4) is 5.75 Å². The largest absolute Gasteiger partial charge is 0.573 e. The van der Waals surface area contributed by atoms with E-state index in [1.165, 1.54) is 6.07 Å². The van der Waals surface area contributed by atoms with Crippen molar-refractivity contribution in [3.05, 3.63) is 22.7 Å². The molecule has 1 aliphatic heterocycles. The van der Waals surface area contributed by atoms with Crippen LogP contribution < -0.4 is 15.4 Å². The van der Waals surface area contributed by atoms with Gasteiger partial charge in [0.15, 0.2) is 5.75 Å². The van der Waals surface area contributed by atoms with E-state index >= 15 is 0 Å². The first-order valence-corrected chi connectivity index (χ1v) is 6.76. The summed E-state index contributed by atoms with van der Waals surface area (Å²) < 4.78 is 41.6. The molecule has 1 aromatic carbocycles. The van der Waals surface area contributed by atoms with Crippen LogP contribution in [0.5, 0.6) is 5.75 Å². The van der Waals surface area contributed by atoms with Crippen LogP contribution in [0.25, 0.3) is 0 Å². The molecular weight excluding hydrogens is 325 g/mol. The van der Waals surface area contributed by atoms with E-state index in [1.54, 1.807) is 12.1 Å². The number of piperidine rings is 1. The first kappa shape index (κ1) is 14.5. The molecule has 19 heavy (non-hydrogen) atoms. The fourth-order valence-electron chi connectivity index (χ4n) is 2.02. The molecule has 0 spiro atoms. The minimum absolute atomic E-state index is 0.116. The molecular formula is C12H14BrF3N2O. The summed E-state index contributed by atoms with van der Waals surface area (Å²) in [5, 5.41) is 6.29. The summed E-state index contributed by atoms with van der Waals surface area (Å²) in [5.41, 5.74) is 0.356. The number of hydrogen-bond donors (Lipinski definition) is 2. The molecule has 0 aromatic heterocycles. The molecule has 1 aromatic rings. The Morgan fingerprint density at radius 1 is 1.37 bits per heavy atom. The lowest BCUT2D eigenvalue weighted by Gasteiger charge is -2.26. The predicted molar refractivity (Wildman–Crippen MR) is 70.3 cm³/mol. The third-order valence-corrected chi connectivity index (χ3v) is 3.32. The Morgan fingerprint density at radius 3 is 2.79 bits per heavy atom. The van der Waals surface area contributed by atoms with Crippen molar-refractivity contribution >= 4 is 21.6 Å². The highest BCUT2D eigenvalue weighted by atomic mass is 79.9. The summed E-state index contributed by atoms with van der Waals surface area (Å²) in [6, 6.07) is 4.69. The zero-order valence-electron chi connectivity index (χ0n) is 10.1. The molecule has 1 atom stereocenters. The topological polar surface area (TPSA) is 33.3 Å². The van der Waals surface area contributed by atoms with Crippen molar-refractivity contribution in [1.29, 1.82) is 0 Å². The molecule has 7 heteroatoms. The summed E-state index contributed by atoms with van der Waals surface area (Å²) in [6.07, 6.45) is -2.76. The number of alkyl halides is 3. The smallest absolute Gasteiger partial charge is 0.404 e. The maximum atomic E-state index is 12.4. The van der Waals surface area contributed by atoms with Gasteiger partial charge < -0.3 is 15.4 Å². The fourth-order valence-corrected chi connectivity index (χ4v) is 2.36. The summed E-state index contributed by atoms with van der Waals surface area (Å²) in [4.78, 5) is 0. The second-order valence-corrected chi connectivity index (χ2v) is 5.29. The molecule has 3 nitrogen and oxygen atoms in total. The normalized spacial score (nSPS) is 20.1. The molecule has 1 fully saturated rings.